The molecule has 0 saturated heterocycles. The molecule has 5 rings (SSSR count). The van der Waals surface area contributed by atoms with Crippen LogP contribution >= 0.6 is 11.8 Å². The van der Waals surface area contributed by atoms with E-state index in [4.69, 9.17) is 0 Å². The van der Waals surface area contributed by atoms with E-state index in [1.165, 1.54) is 22.2 Å². The molecular weight excluding hydrogens is 418 g/mol. The number of imide groups is 1. The van der Waals surface area contributed by atoms with Crippen molar-refractivity contribution in [3.05, 3.63) is 71.1 Å². The van der Waals surface area contributed by atoms with Crippen LogP contribution in [0.2, 0.25) is 0 Å². The first-order valence-corrected chi connectivity index (χ1v) is 12.2. The molecule has 1 N–H and O–H groups in total. The van der Waals surface area contributed by atoms with Crippen molar-refractivity contribution >= 4 is 40.2 Å². The molecule has 1 aromatic heterocycles. The van der Waals surface area contributed by atoms with Crippen molar-refractivity contribution in [2.24, 2.45) is 5.92 Å². The van der Waals surface area contributed by atoms with Gasteiger partial charge in [0.2, 0.25) is 5.91 Å². The minimum Gasteiger partial charge on any atom is -0.356 e. The molecule has 0 bridgehead atoms. The van der Waals surface area contributed by atoms with E-state index in [0.717, 1.165) is 34.4 Å². The zero-order chi connectivity index (χ0) is 22.6. The smallest absolute Gasteiger partial charge is 0.259 e. The lowest BCUT2D eigenvalue weighted by atomic mass is 9.84. The SMILES string of the molecule is CSc1ccc([C@H]2C3=C(CN(C(C)=O)C3=O)Nc3cccc4c3c2cn4CC(C)C)cc1. The van der Waals surface area contributed by atoms with Gasteiger partial charge in [-0.05, 0) is 47.6 Å². The number of benzene rings is 2. The summed E-state index contributed by atoms with van der Waals surface area (Å²) >= 11 is 1.70. The maximum atomic E-state index is 13.5. The third-order valence-electron chi connectivity index (χ3n) is 6.33. The van der Waals surface area contributed by atoms with Crippen molar-refractivity contribution in [2.75, 3.05) is 18.1 Å². The lowest BCUT2D eigenvalue weighted by molar-refractivity contribution is -0.139. The lowest BCUT2D eigenvalue weighted by Gasteiger charge is -2.19. The number of nitrogens with zero attached hydrogens (tertiary/aromatic N) is 2. The van der Waals surface area contributed by atoms with Crippen LogP contribution in [0.25, 0.3) is 10.9 Å². The van der Waals surface area contributed by atoms with Crippen LogP contribution in [0.15, 0.2) is 64.8 Å². The second kappa shape index (κ2) is 7.85. The van der Waals surface area contributed by atoms with Crippen molar-refractivity contribution < 1.29 is 9.59 Å². The number of carbonyl (C=O) groups is 2. The Kier molecular flexibility index (Phi) is 5.13. The summed E-state index contributed by atoms with van der Waals surface area (Å²) in [5.41, 5.74) is 5.84. The Morgan fingerprint density at radius 3 is 2.59 bits per heavy atom. The highest BCUT2D eigenvalue weighted by atomic mass is 32.2. The molecule has 2 aliphatic rings. The topological polar surface area (TPSA) is 54.3 Å². The van der Waals surface area contributed by atoms with Gasteiger partial charge in [0.25, 0.3) is 5.91 Å². The first-order chi connectivity index (χ1) is 15.4. The highest BCUT2D eigenvalue weighted by Gasteiger charge is 2.41. The Hall–Kier alpha value is -2.99. The molecule has 0 aliphatic carbocycles. The summed E-state index contributed by atoms with van der Waals surface area (Å²) in [4.78, 5) is 28.2. The fraction of sp³-hybridized carbons (Fsp3) is 0.308. The number of thioether (sulfide) groups is 1. The number of hydrogen-bond donors (Lipinski definition) is 1. The number of aromatic nitrogens is 1. The first kappa shape index (κ1) is 20.9. The average molecular weight is 446 g/mol. The standard InChI is InChI=1S/C26H27N3O2S/c1-15(2)12-28-13-19-23(17-8-10-18(32-4)11-9-17)25-21(14-29(16(3)30)26(25)31)27-20-6-5-7-22(28)24(19)20/h5-11,13,15,23,27H,12,14H2,1-4H3/t23-/m1/s1. The number of anilines is 1. The van der Waals surface area contributed by atoms with Gasteiger partial charge < -0.3 is 9.88 Å². The molecule has 2 aliphatic heterocycles. The zero-order valence-electron chi connectivity index (χ0n) is 18.8. The van der Waals surface area contributed by atoms with Crippen LogP contribution < -0.4 is 5.32 Å². The van der Waals surface area contributed by atoms with Gasteiger partial charge in [-0.3, -0.25) is 14.5 Å². The van der Waals surface area contributed by atoms with Crippen molar-refractivity contribution in [3.63, 3.8) is 0 Å². The van der Waals surface area contributed by atoms with Crippen molar-refractivity contribution in [3.8, 4) is 0 Å². The monoisotopic (exact) mass is 445 g/mol. The Labute approximate surface area is 192 Å². The molecule has 2 aromatic carbocycles. The number of carbonyl (C=O) groups excluding carboxylic acids is 2. The molecule has 3 aromatic rings. The van der Waals surface area contributed by atoms with Gasteiger partial charge in [0.15, 0.2) is 0 Å². The van der Waals surface area contributed by atoms with Crippen LogP contribution in [0.4, 0.5) is 5.69 Å². The fourth-order valence-electron chi connectivity index (χ4n) is 4.96. The second-order valence-electron chi connectivity index (χ2n) is 8.96. The van der Waals surface area contributed by atoms with E-state index in [1.807, 2.05) is 0 Å². The third kappa shape index (κ3) is 3.25. The molecular formula is C26H27N3O2S. The summed E-state index contributed by atoms with van der Waals surface area (Å²) in [6.07, 6.45) is 4.27. The van der Waals surface area contributed by atoms with E-state index in [2.05, 4.69) is 78.6 Å². The molecule has 164 valence electrons. The predicted octanol–water partition coefficient (Wildman–Crippen LogP) is 5.22. The molecule has 32 heavy (non-hydrogen) atoms. The summed E-state index contributed by atoms with van der Waals surface area (Å²) in [6.45, 7) is 7.07. The Balaban J connectivity index is 1.77. The molecule has 3 heterocycles. The Morgan fingerprint density at radius 1 is 1.19 bits per heavy atom. The summed E-state index contributed by atoms with van der Waals surface area (Å²) in [7, 11) is 0. The summed E-state index contributed by atoms with van der Waals surface area (Å²) < 4.78 is 2.30. The molecule has 0 unspecified atom stereocenters. The van der Waals surface area contributed by atoms with Crippen molar-refractivity contribution in [1.29, 1.82) is 0 Å². The minimum absolute atomic E-state index is 0.198. The molecule has 2 amide bonds. The number of hydrogen-bond acceptors (Lipinski definition) is 4. The number of amides is 2. The van der Waals surface area contributed by atoms with Gasteiger partial charge in [0.05, 0.1) is 17.6 Å². The van der Waals surface area contributed by atoms with Crippen molar-refractivity contribution in [2.45, 2.75) is 38.1 Å². The molecule has 6 heteroatoms. The van der Waals surface area contributed by atoms with Gasteiger partial charge in [-0.2, -0.15) is 0 Å². The number of rotatable bonds is 4. The van der Waals surface area contributed by atoms with E-state index in [0.29, 0.717) is 11.5 Å². The minimum atomic E-state index is -0.232. The first-order valence-electron chi connectivity index (χ1n) is 11.0. The van der Waals surface area contributed by atoms with Crippen LogP contribution in [0.5, 0.6) is 0 Å². The van der Waals surface area contributed by atoms with Gasteiger partial charge in [-0.15, -0.1) is 11.8 Å². The van der Waals surface area contributed by atoms with E-state index in [1.54, 1.807) is 11.8 Å². The van der Waals surface area contributed by atoms with Crippen LogP contribution in [-0.2, 0) is 16.1 Å². The molecule has 0 fully saturated rings. The van der Waals surface area contributed by atoms with Crippen LogP contribution in [0, 0.1) is 5.92 Å². The zero-order valence-corrected chi connectivity index (χ0v) is 19.6. The second-order valence-corrected chi connectivity index (χ2v) is 9.84. The van der Waals surface area contributed by atoms with Gasteiger partial charge in [0.1, 0.15) is 0 Å². The largest absolute Gasteiger partial charge is 0.356 e. The van der Waals surface area contributed by atoms with Gasteiger partial charge >= 0.3 is 0 Å². The van der Waals surface area contributed by atoms with E-state index < -0.39 is 0 Å². The van der Waals surface area contributed by atoms with Crippen molar-refractivity contribution in [1.82, 2.24) is 9.47 Å². The van der Waals surface area contributed by atoms with E-state index in [-0.39, 0.29) is 24.3 Å². The number of nitrogens with one attached hydrogen (secondary N) is 1. The van der Waals surface area contributed by atoms with Gasteiger partial charge in [0, 0.05) is 47.2 Å². The Bertz CT molecular complexity index is 1270. The van der Waals surface area contributed by atoms with Gasteiger partial charge in [-0.1, -0.05) is 32.0 Å². The maximum absolute atomic E-state index is 13.5. The molecule has 0 saturated carbocycles. The van der Waals surface area contributed by atoms with Crippen LogP contribution in [0.1, 0.15) is 37.8 Å². The summed E-state index contributed by atoms with van der Waals surface area (Å²) in [5.74, 6) is -0.160. The molecule has 0 spiro atoms. The predicted molar refractivity (Wildman–Crippen MR) is 130 cm³/mol. The maximum Gasteiger partial charge on any atom is 0.259 e. The molecule has 0 radical (unpaired) electrons. The average Bonchev–Trinajstić information content (AvgIpc) is 3.23. The highest BCUT2D eigenvalue weighted by Crippen LogP contribution is 2.46. The summed E-state index contributed by atoms with van der Waals surface area (Å²) in [6, 6.07) is 14.7. The third-order valence-corrected chi connectivity index (χ3v) is 7.07. The molecule has 1 atom stereocenters. The van der Waals surface area contributed by atoms with E-state index in [9.17, 15) is 9.59 Å². The fourth-order valence-corrected chi connectivity index (χ4v) is 5.37. The Morgan fingerprint density at radius 2 is 1.94 bits per heavy atom. The normalized spacial score (nSPS) is 17.7. The van der Waals surface area contributed by atoms with Crippen LogP contribution in [-0.4, -0.2) is 34.1 Å². The quantitative estimate of drug-likeness (QED) is 0.560. The highest BCUT2D eigenvalue weighted by molar-refractivity contribution is 7.98. The van der Waals surface area contributed by atoms with Gasteiger partial charge in [-0.25, -0.2) is 0 Å². The lowest BCUT2D eigenvalue weighted by Crippen LogP contribution is -2.33. The van der Waals surface area contributed by atoms with E-state index >= 15 is 0 Å². The molecule has 5 nitrogen and oxygen atoms in total. The summed E-state index contributed by atoms with van der Waals surface area (Å²) in [5, 5.41) is 4.69. The van der Waals surface area contributed by atoms with Crippen LogP contribution in [0.3, 0.4) is 0 Å².